The highest BCUT2D eigenvalue weighted by molar-refractivity contribution is 5.93. The summed E-state index contributed by atoms with van der Waals surface area (Å²) in [5, 5.41) is 9.07. The van der Waals surface area contributed by atoms with Crippen molar-refractivity contribution in [2.75, 3.05) is 5.32 Å². The molecule has 24 heavy (non-hydrogen) atoms. The van der Waals surface area contributed by atoms with Gasteiger partial charge >= 0.3 is 0 Å². The van der Waals surface area contributed by atoms with Gasteiger partial charge in [0.2, 0.25) is 0 Å². The highest BCUT2D eigenvalue weighted by Gasteiger charge is 2.14. The SMILES string of the molecule is Cc1cc(C)c2c(n1)nn1c(NCc3ccccn3)cc(C)nc21. The fourth-order valence-corrected chi connectivity index (χ4v) is 2.95. The summed E-state index contributed by atoms with van der Waals surface area (Å²) in [7, 11) is 0. The molecule has 0 unspecified atom stereocenters. The number of pyridine rings is 2. The summed E-state index contributed by atoms with van der Waals surface area (Å²) < 4.78 is 1.83. The number of hydrogen-bond acceptors (Lipinski definition) is 5. The van der Waals surface area contributed by atoms with Gasteiger partial charge in [0.15, 0.2) is 11.3 Å². The molecule has 0 radical (unpaired) electrons. The van der Waals surface area contributed by atoms with Gasteiger partial charge in [0.05, 0.1) is 17.6 Å². The van der Waals surface area contributed by atoms with Crippen LogP contribution in [0.15, 0.2) is 36.5 Å². The van der Waals surface area contributed by atoms with Crippen LogP contribution in [-0.2, 0) is 6.54 Å². The van der Waals surface area contributed by atoms with E-state index in [1.54, 1.807) is 6.20 Å². The Kier molecular flexibility index (Phi) is 3.37. The molecule has 0 spiro atoms. The standard InChI is InChI=1S/C18H18N6/c1-11-8-12(2)21-17-16(11)18-22-13(3)9-15(24(18)23-17)20-10-14-6-4-5-7-19-14/h4-9,20H,10H2,1-3H3. The Balaban J connectivity index is 1.85. The zero-order valence-corrected chi connectivity index (χ0v) is 13.9. The Morgan fingerprint density at radius 1 is 1.04 bits per heavy atom. The number of nitrogens with zero attached hydrogens (tertiary/aromatic N) is 5. The smallest absolute Gasteiger partial charge is 0.184 e. The van der Waals surface area contributed by atoms with Crippen molar-refractivity contribution in [1.29, 1.82) is 0 Å². The highest BCUT2D eigenvalue weighted by Crippen LogP contribution is 2.24. The van der Waals surface area contributed by atoms with Gasteiger partial charge < -0.3 is 5.32 Å². The molecule has 0 aromatic carbocycles. The normalized spacial score (nSPS) is 11.3. The van der Waals surface area contributed by atoms with Gasteiger partial charge in [0, 0.05) is 23.7 Å². The fraction of sp³-hybridized carbons (Fsp3) is 0.222. The van der Waals surface area contributed by atoms with Gasteiger partial charge in [-0.25, -0.2) is 9.97 Å². The first-order valence-corrected chi connectivity index (χ1v) is 7.90. The van der Waals surface area contributed by atoms with E-state index in [4.69, 9.17) is 0 Å². The van der Waals surface area contributed by atoms with Crippen molar-refractivity contribution >= 4 is 22.5 Å². The molecule has 6 heteroatoms. The van der Waals surface area contributed by atoms with Crippen molar-refractivity contribution in [3.8, 4) is 0 Å². The second-order valence-corrected chi connectivity index (χ2v) is 5.97. The molecule has 0 aliphatic rings. The lowest BCUT2D eigenvalue weighted by atomic mass is 10.2. The second kappa shape index (κ2) is 5.56. The third kappa shape index (κ3) is 2.46. The molecule has 4 heterocycles. The molecule has 0 saturated carbocycles. The molecule has 0 amide bonds. The summed E-state index contributed by atoms with van der Waals surface area (Å²) in [6.07, 6.45) is 1.79. The number of hydrogen-bond donors (Lipinski definition) is 1. The summed E-state index contributed by atoms with van der Waals surface area (Å²) in [5.41, 5.74) is 5.57. The van der Waals surface area contributed by atoms with Crippen LogP contribution >= 0.6 is 0 Å². The lowest BCUT2D eigenvalue weighted by Crippen LogP contribution is -2.07. The molecule has 4 rings (SSSR count). The molecule has 0 aliphatic carbocycles. The van der Waals surface area contributed by atoms with E-state index in [2.05, 4.69) is 38.4 Å². The largest absolute Gasteiger partial charge is 0.364 e. The first-order chi connectivity index (χ1) is 11.6. The summed E-state index contributed by atoms with van der Waals surface area (Å²) in [5.74, 6) is 0.887. The summed E-state index contributed by atoms with van der Waals surface area (Å²) in [6.45, 7) is 6.67. The number of rotatable bonds is 3. The minimum Gasteiger partial charge on any atom is -0.364 e. The van der Waals surface area contributed by atoms with Crippen LogP contribution < -0.4 is 5.32 Å². The van der Waals surface area contributed by atoms with Crippen LogP contribution in [0.25, 0.3) is 16.7 Å². The maximum atomic E-state index is 4.67. The highest BCUT2D eigenvalue weighted by atomic mass is 15.3. The van der Waals surface area contributed by atoms with Gasteiger partial charge in [-0.1, -0.05) is 6.07 Å². The first kappa shape index (κ1) is 14.6. The molecule has 0 aliphatic heterocycles. The molecule has 0 atom stereocenters. The molecule has 4 aromatic rings. The van der Waals surface area contributed by atoms with Gasteiger partial charge in [0.25, 0.3) is 0 Å². The molecule has 6 nitrogen and oxygen atoms in total. The minimum absolute atomic E-state index is 0.626. The molecule has 0 bridgehead atoms. The maximum absolute atomic E-state index is 4.67. The van der Waals surface area contributed by atoms with Crippen LogP contribution in [-0.4, -0.2) is 24.6 Å². The zero-order chi connectivity index (χ0) is 16.7. The fourth-order valence-electron chi connectivity index (χ4n) is 2.95. The molecule has 4 aromatic heterocycles. The quantitative estimate of drug-likeness (QED) is 0.628. The van der Waals surface area contributed by atoms with Gasteiger partial charge in [-0.05, 0) is 44.5 Å². The van der Waals surface area contributed by atoms with Crippen LogP contribution in [0.5, 0.6) is 0 Å². The predicted octanol–water partition coefficient (Wildman–Crippen LogP) is 3.21. The Morgan fingerprint density at radius 2 is 1.88 bits per heavy atom. The van der Waals surface area contributed by atoms with Crippen molar-refractivity contribution in [2.45, 2.75) is 27.3 Å². The number of aromatic nitrogens is 5. The molecule has 0 fully saturated rings. The van der Waals surface area contributed by atoms with Gasteiger partial charge in [-0.2, -0.15) is 4.52 Å². The van der Waals surface area contributed by atoms with Gasteiger partial charge in [-0.15, -0.1) is 5.10 Å². The van der Waals surface area contributed by atoms with Crippen LogP contribution in [0, 0.1) is 20.8 Å². The van der Waals surface area contributed by atoms with Crippen LogP contribution in [0.4, 0.5) is 5.82 Å². The van der Waals surface area contributed by atoms with E-state index in [9.17, 15) is 0 Å². The van der Waals surface area contributed by atoms with Crippen LogP contribution in [0.3, 0.4) is 0 Å². The van der Waals surface area contributed by atoms with Crippen LogP contribution in [0.1, 0.15) is 22.6 Å². The van der Waals surface area contributed by atoms with E-state index < -0.39 is 0 Å². The minimum atomic E-state index is 0.626. The summed E-state index contributed by atoms with van der Waals surface area (Å²) >= 11 is 0. The van der Waals surface area contributed by atoms with E-state index in [1.165, 1.54) is 0 Å². The zero-order valence-electron chi connectivity index (χ0n) is 13.9. The molecule has 120 valence electrons. The molecular formula is C18H18N6. The van der Waals surface area contributed by atoms with E-state index in [1.807, 2.05) is 42.6 Å². The van der Waals surface area contributed by atoms with Crippen molar-refractivity contribution in [3.05, 3.63) is 59.2 Å². The van der Waals surface area contributed by atoms with Crippen molar-refractivity contribution in [3.63, 3.8) is 0 Å². The van der Waals surface area contributed by atoms with Crippen molar-refractivity contribution < 1.29 is 0 Å². The first-order valence-electron chi connectivity index (χ1n) is 7.90. The molecular weight excluding hydrogens is 300 g/mol. The van der Waals surface area contributed by atoms with E-state index in [0.717, 1.165) is 45.1 Å². The lowest BCUT2D eigenvalue weighted by molar-refractivity contribution is 0.914. The number of aryl methyl sites for hydroxylation is 3. The molecule has 1 N–H and O–H groups in total. The lowest BCUT2D eigenvalue weighted by Gasteiger charge is -2.09. The third-order valence-electron chi connectivity index (χ3n) is 3.98. The monoisotopic (exact) mass is 318 g/mol. The van der Waals surface area contributed by atoms with E-state index >= 15 is 0 Å². The summed E-state index contributed by atoms with van der Waals surface area (Å²) in [6, 6.07) is 9.94. The van der Waals surface area contributed by atoms with E-state index in [0.29, 0.717) is 6.54 Å². The summed E-state index contributed by atoms with van der Waals surface area (Å²) in [4.78, 5) is 13.6. The Bertz CT molecular complexity index is 1040. The van der Waals surface area contributed by atoms with Crippen molar-refractivity contribution in [1.82, 2.24) is 24.6 Å². The number of anilines is 1. The maximum Gasteiger partial charge on any atom is 0.184 e. The Morgan fingerprint density at radius 3 is 2.67 bits per heavy atom. The van der Waals surface area contributed by atoms with Gasteiger partial charge in [-0.3, -0.25) is 4.98 Å². The topological polar surface area (TPSA) is 68.0 Å². The average molecular weight is 318 g/mol. The Hall–Kier alpha value is -3.02. The molecule has 0 saturated heterocycles. The Labute approximate surface area is 139 Å². The van der Waals surface area contributed by atoms with Gasteiger partial charge in [0.1, 0.15) is 5.82 Å². The average Bonchev–Trinajstić information content (AvgIpc) is 2.91. The van der Waals surface area contributed by atoms with Crippen molar-refractivity contribution in [2.24, 2.45) is 0 Å². The predicted molar refractivity (Wildman–Crippen MR) is 94.1 cm³/mol. The third-order valence-corrected chi connectivity index (χ3v) is 3.98. The van der Waals surface area contributed by atoms with E-state index in [-0.39, 0.29) is 0 Å². The second-order valence-electron chi connectivity index (χ2n) is 5.97. The number of nitrogens with one attached hydrogen (secondary N) is 1. The number of fused-ring (bicyclic) bond motifs is 3. The van der Waals surface area contributed by atoms with Crippen LogP contribution in [0.2, 0.25) is 0 Å².